The molecule has 0 fully saturated rings. The van der Waals surface area contributed by atoms with Gasteiger partial charge in [-0.25, -0.2) is 0 Å². The predicted octanol–water partition coefficient (Wildman–Crippen LogP) is 3.01. The summed E-state index contributed by atoms with van der Waals surface area (Å²) in [4.78, 5) is 11.3. The van der Waals surface area contributed by atoms with Crippen LogP contribution >= 0.6 is 0 Å². The Morgan fingerprint density at radius 2 is 1.72 bits per heavy atom. The van der Waals surface area contributed by atoms with Crippen LogP contribution < -0.4 is 0 Å². The molecule has 0 heterocycles. The van der Waals surface area contributed by atoms with Crippen molar-refractivity contribution in [1.29, 1.82) is 0 Å². The molecule has 1 aliphatic carbocycles. The summed E-state index contributed by atoms with van der Waals surface area (Å²) in [5.74, 6) is -1.52. The maximum Gasteiger partial charge on any atom is 0.314 e. The molecule has 2 atom stereocenters. The topological polar surface area (TPSA) is 57.5 Å². The molecular weight excluding hydrogens is 228 g/mol. The van der Waals surface area contributed by atoms with Crippen LogP contribution in [0, 0.1) is 16.7 Å². The van der Waals surface area contributed by atoms with Gasteiger partial charge in [-0.05, 0) is 22.5 Å². The van der Waals surface area contributed by atoms with Crippen molar-refractivity contribution in [3.8, 4) is 0 Å². The van der Waals surface area contributed by atoms with Gasteiger partial charge in [-0.2, -0.15) is 0 Å². The quantitative estimate of drug-likeness (QED) is 0.705. The minimum Gasteiger partial charge on any atom is -0.481 e. The Balaban J connectivity index is 3.33. The molecule has 2 unspecified atom stereocenters. The smallest absolute Gasteiger partial charge is 0.314 e. The second kappa shape index (κ2) is 4.23. The Morgan fingerprint density at radius 1 is 1.22 bits per heavy atom. The Morgan fingerprint density at radius 3 is 2.06 bits per heavy atom. The minimum atomic E-state index is -1.10. The predicted molar refractivity (Wildman–Crippen MR) is 72.2 cm³/mol. The van der Waals surface area contributed by atoms with Crippen LogP contribution in [0.5, 0.6) is 0 Å². The average molecular weight is 252 g/mol. The molecule has 1 aliphatic rings. The van der Waals surface area contributed by atoms with Crippen LogP contribution in [-0.4, -0.2) is 21.8 Å². The number of aliphatic hydroxyl groups is 1. The second-order valence-corrected chi connectivity index (χ2v) is 7.10. The van der Waals surface area contributed by atoms with Gasteiger partial charge in [-0.1, -0.05) is 53.7 Å². The van der Waals surface area contributed by atoms with Crippen LogP contribution in [0.25, 0.3) is 0 Å². The van der Waals surface area contributed by atoms with E-state index in [2.05, 4.69) is 0 Å². The molecule has 2 N–H and O–H groups in total. The standard InChI is InChI=1S/C15H24O3/c1-13(2,3)11-9-15(18,14(4,5)6)8-7-10(11)12(16)17/h7-10,18H,1-6H3,(H,16,17). The summed E-state index contributed by atoms with van der Waals surface area (Å²) in [5, 5.41) is 20.0. The zero-order valence-electron chi connectivity index (χ0n) is 12.1. The highest BCUT2D eigenvalue weighted by Crippen LogP contribution is 2.43. The summed E-state index contributed by atoms with van der Waals surface area (Å²) < 4.78 is 0. The third kappa shape index (κ3) is 2.66. The monoisotopic (exact) mass is 252 g/mol. The van der Waals surface area contributed by atoms with Crippen molar-refractivity contribution in [1.82, 2.24) is 0 Å². The zero-order chi connectivity index (χ0) is 14.4. The van der Waals surface area contributed by atoms with Crippen molar-refractivity contribution in [3.63, 3.8) is 0 Å². The largest absolute Gasteiger partial charge is 0.481 e. The fourth-order valence-corrected chi connectivity index (χ4v) is 2.09. The van der Waals surface area contributed by atoms with E-state index in [1.165, 1.54) is 0 Å². The molecule has 102 valence electrons. The summed E-state index contributed by atoms with van der Waals surface area (Å²) in [6, 6.07) is 0. The van der Waals surface area contributed by atoms with Gasteiger partial charge in [0.05, 0.1) is 5.92 Å². The summed E-state index contributed by atoms with van der Waals surface area (Å²) in [6.45, 7) is 11.7. The molecular formula is C15H24O3. The highest BCUT2D eigenvalue weighted by atomic mass is 16.4. The lowest BCUT2D eigenvalue weighted by molar-refractivity contribution is -0.139. The molecule has 0 aromatic heterocycles. The zero-order valence-corrected chi connectivity index (χ0v) is 12.1. The number of rotatable bonds is 1. The molecule has 0 bridgehead atoms. The van der Waals surface area contributed by atoms with Gasteiger partial charge in [0.15, 0.2) is 0 Å². The summed E-state index contributed by atoms with van der Waals surface area (Å²) in [6.07, 6.45) is 4.95. The molecule has 3 nitrogen and oxygen atoms in total. The number of carbonyl (C=O) groups is 1. The summed E-state index contributed by atoms with van der Waals surface area (Å²) >= 11 is 0. The molecule has 0 spiro atoms. The molecule has 18 heavy (non-hydrogen) atoms. The van der Waals surface area contributed by atoms with E-state index in [-0.39, 0.29) is 10.8 Å². The SMILES string of the molecule is CC(C)(C)C1=CC(O)(C(C)(C)C)C=CC1C(=O)O. The lowest BCUT2D eigenvalue weighted by Crippen LogP contribution is -2.43. The number of carboxylic acids is 1. The van der Waals surface area contributed by atoms with Gasteiger partial charge in [0.2, 0.25) is 0 Å². The van der Waals surface area contributed by atoms with Crippen LogP contribution in [-0.2, 0) is 4.79 Å². The van der Waals surface area contributed by atoms with Crippen LogP contribution in [0.4, 0.5) is 0 Å². The number of hydrogen-bond donors (Lipinski definition) is 2. The lowest BCUT2D eigenvalue weighted by Gasteiger charge is -2.41. The Kier molecular flexibility index (Phi) is 3.52. The molecule has 0 radical (unpaired) electrons. The molecule has 0 saturated heterocycles. The van der Waals surface area contributed by atoms with Crippen molar-refractivity contribution in [2.24, 2.45) is 16.7 Å². The van der Waals surface area contributed by atoms with Gasteiger partial charge in [0.1, 0.15) is 5.60 Å². The molecule has 1 rings (SSSR count). The second-order valence-electron chi connectivity index (χ2n) is 7.10. The van der Waals surface area contributed by atoms with E-state index in [0.29, 0.717) is 0 Å². The first kappa shape index (κ1) is 15.0. The van der Waals surface area contributed by atoms with E-state index in [0.717, 1.165) is 5.57 Å². The highest BCUT2D eigenvalue weighted by molar-refractivity contribution is 5.77. The van der Waals surface area contributed by atoms with Gasteiger partial charge in [-0.15, -0.1) is 0 Å². The van der Waals surface area contributed by atoms with Gasteiger partial charge >= 0.3 is 5.97 Å². The van der Waals surface area contributed by atoms with Crippen molar-refractivity contribution < 1.29 is 15.0 Å². The third-order valence-corrected chi connectivity index (χ3v) is 3.59. The average Bonchev–Trinajstić information content (AvgIpc) is 2.13. The first-order valence-corrected chi connectivity index (χ1v) is 6.26. The first-order valence-electron chi connectivity index (χ1n) is 6.26. The molecule has 3 heteroatoms. The van der Waals surface area contributed by atoms with Crippen LogP contribution in [0.1, 0.15) is 41.5 Å². The van der Waals surface area contributed by atoms with E-state index in [4.69, 9.17) is 0 Å². The van der Waals surface area contributed by atoms with E-state index in [9.17, 15) is 15.0 Å². The maximum atomic E-state index is 11.3. The van der Waals surface area contributed by atoms with Gasteiger partial charge in [0.25, 0.3) is 0 Å². The van der Waals surface area contributed by atoms with Gasteiger partial charge < -0.3 is 10.2 Å². The maximum absolute atomic E-state index is 11.3. The van der Waals surface area contributed by atoms with Crippen LogP contribution in [0.3, 0.4) is 0 Å². The Labute approximate surface area is 109 Å². The number of carboxylic acid groups (broad SMARTS) is 1. The van der Waals surface area contributed by atoms with Crippen molar-refractivity contribution in [2.75, 3.05) is 0 Å². The highest BCUT2D eigenvalue weighted by Gasteiger charge is 2.42. The molecule has 0 aliphatic heterocycles. The first-order chi connectivity index (χ1) is 7.88. The molecule has 0 saturated carbocycles. The fraction of sp³-hybridized carbons (Fsp3) is 0.667. The van der Waals surface area contributed by atoms with E-state index >= 15 is 0 Å². The van der Waals surface area contributed by atoms with E-state index in [1.807, 2.05) is 41.5 Å². The Bertz CT molecular complexity index is 404. The van der Waals surface area contributed by atoms with Gasteiger partial charge in [-0.3, -0.25) is 4.79 Å². The molecule has 0 amide bonds. The number of aliphatic carboxylic acids is 1. The lowest BCUT2D eigenvalue weighted by atomic mass is 9.67. The van der Waals surface area contributed by atoms with Crippen molar-refractivity contribution in [2.45, 2.75) is 47.1 Å². The molecule has 0 aromatic carbocycles. The van der Waals surface area contributed by atoms with E-state index < -0.39 is 17.5 Å². The minimum absolute atomic E-state index is 0.285. The van der Waals surface area contributed by atoms with Crippen molar-refractivity contribution in [3.05, 3.63) is 23.8 Å². The number of hydrogen-bond acceptors (Lipinski definition) is 2. The fourth-order valence-electron chi connectivity index (χ4n) is 2.09. The third-order valence-electron chi connectivity index (χ3n) is 3.59. The van der Waals surface area contributed by atoms with Gasteiger partial charge in [0, 0.05) is 0 Å². The van der Waals surface area contributed by atoms with Crippen LogP contribution in [0.2, 0.25) is 0 Å². The van der Waals surface area contributed by atoms with Crippen LogP contribution in [0.15, 0.2) is 23.8 Å². The van der Waals surface area contributed by atoms with E-state index in [1.54, 1.807) is 18.2 Å². The Hall–Kier alpha value is -1.09. The summed E-state index contributed by atoms with van der Waals surface area (Å²) in [5.41, 5.74) is -0.993. The normalized spacial score (nSPS) is 29.1. The molecule has 0 aromatic rings. The van der Waals surface area contributed by atoms with Crippen molar-refractivity contribution >= 4 is 5.97 Å². The summed E-state index contributed by atoms with van der Waals surface area (Å²) in [7, 11) is 0.